The van der Waals surface area contributed by atoms with Crippen molar-refractivity contribution in [3.05, 3.63) is 68.4 Å². The highest BCUT2D eigenvalue weighted by molar-refractivity contribution is 7.22. The van der Waals surface area contributed by atoms with Gasteiger partial charge >= 0.3 is 6.18 Å². The maximum atomic E-state index is 13.5. The molecule has 0 radical (unpaired) electrons. The van der Waals surface area contributed by atoms with Crippen LogP contribution in [-0.2, 0) is 6.18 Å². The largest absolute Gasteiger partial charge is 0.416 e. The second kappa shape index (κ2) is 7.95. The fraction of sp³-hybridized carbons (Fsp3) is 0.300. The van der Waals surface area contributed by atoms with Crippen molar-refractivity contribution in [2.75, 3.05) is 18.0 Å². The van der Waals surface area contributed by atoms with Gasteiger partial charge in [0.25, 0.3) is 5.56 Å². The minimum Gasteiger partial charge on any atom is -0.348 e. The van der Waals surface area contributed by atoms with Crippen LogP contribution in [0, 0.1) is 16.5 Å². The normalized spacial score (nSPS) is 15.5. The first-order valence-corrected chi connectivity index (χ1v) is 10.1. The summed E-state index contributed by atoms with van der Waals surface area (Å²) in [6, 6.07) is 5.07. The van der Waals surface area contributed by atoms with Gasteiger partial charge in [0.15, 0.2) is 16.8 Å². The van der Waals surface area contributed by atoms with Crippen molar-refractivity contribution in [3.8, 4) is 0 Å². The van der Waals surface area contributed by atoms with Gasteiger partial charge in [-0.05, 0) is 53.8 Å². The van der Waals surface area contributed by atoms with Crippen molar-refractivity contribution in [2.24, 2.45) is 5.18 Å². The van der Waals surface area contributed by atoms with Crippen LogP contribution in [0.15, 0.2) is 40.3 Å². The average molecular weight is 455 g/mol. The molecule has 4 rings (SSSR count). The molecule has 1 aliphatic rings. The summed E-state index contributed by atoms with van der Waals surface area (Å²) in [5.74, 6) is -1.84. The Hall–Kier alpha value is -2.95. The topological polar surface area (TPSA) is 62.6 Å². The molecule has 3 aromatic rings. The van der Waals surface area contributed by atoms with Crippen LogP contribution in [0.2, 0.25) is 0 Å². The number of hydrogen-bond donors (Lipinski definition) is 0. The molecular formula is C20H14F5N3O2S. The number of benzene rings is 2. The first-order chi connectivity index (χ1) is 14.7. The Kier molecular flexibility index (Phi) is 5.46. The van der Waals surface area contributed by atoms with Crippen LogP contribution in [0.1, 0.15) is 29.9 Å². The van der Waals surface area contributed by atoms with E-state index >= 15 is 0 Å². The SMILES string of the molecule is O=Nc1cc(C(F)(F)F)cc2c(=O)nc(N3CCC(c4ccc(F)c(F)c4)CC3)sc12. The molecule has 1 aromatic heterocycles. The number of piperidine rings is 1. The molecule has 0 bridgehead atoms. The van der Waals surface area contributed by atoms with E-state index in [1.54, 1.807) is 4.90 Å². The van der Waals surface area contributed by atoms with Crippen LogP contribution in [0.3, 0.4) is 0 Å². The lowest BCUT2D eigenvalue weighted by atomic mass is 9.89. The van der Waals surface area contributed by atoms with Crippen LogP contribution in [0.4, 0.5) is 32.8 Å². The number of anilines is 1. The summed E-state index contributed by atoms with van der Waals surface area (Å²) < 4.78 is 65.8. The summed E-state index contributed by atoms with van der Waals surface area (Å²) in [5, 5.41) is 2.64. The van der Waals surface area contributed by atoms with Gasteiger partial charge in [-0.2, -0.15) is 18.2 Å². The van der Waals surface area contributed by atoms with E-state index in [9.17, 15) is 31.7 Å². The molecule has 0 atom stereocenters. The van der Waals surface area contributed by atoms with E-state index in [-0.39, 0.29) is 21.1 Å². The molecule has 5 nitrogen and oxygen atoms in total. The first kappa shape index (κ1) is 21.3. The lowest BCUT2D eigenvalue weighted by Crippen LogP contribution is -2.34. The van der Waals surface area contributed by atoms with E-state index in [0.717, 1.165) is 17.4 Å². The maximum absolute atomic E-state index is 13.5. The molecular weight excluding hydrogens is 441 g/mol. The molecule has 1 saturated heterocycles. The van der Waals surface area contributed by atoms with Crippen molar-refractivity contribution >= 4 is 32.2 Å². The van der Waals surface area contributed by atoms with Crippen molar-refractivity contribution in [3.63, 3.8) is 0 Å². The molecule has 2 heterocycles. The van der Waals surface area contributed by atoms with Crippen LogP contribution in [0.25, 0.3) is 10.1 Å². The highest BCUT2D eigenvalue weighted by Gasteiger charge is 2.32. The van der Waals surface area contributed by atoms with Crippen LogP contribution in [-0.4, -0.2) is 18.1 Å². The van der Waals surface area contributed by atoms with E-state index in [1.807, 2.05) is 0 Å². The fourth-order valence-corrected chi connectivity index (χ4v) is 4.76. The Balaban J connectivity index is 1.63. The number of aromatic nitrogens is 1. The zero-order valence-electron chi connectivity index (χ0n) is 15.7. The van der Waals surface area contributed by atoms with Gasteiger partial charge in [-0.3, -0.25) is 4.79 Å². The fourth-order valence-electron chi connectivity index (χ4n) is 3.68. The number of nitroso groups, excluding NO2 is 1. The molecule has 0 amide bonds. The molecule has 0 saturated carbocycles. The van der Waals surface area contributed by atoms with Gasteiger partial charge in [-0.15, -0.1) is 4.91 Å². The minimum atomic E-state index is -4.73. The average Bonchev–Trinajstić information content (AvgIpc) is 2.74. The molecule has 1 fully saturated rings. The van der Waals surface area contributed by atoms with Crippen LogP contribution < -0.4 is 10.5 Å². The number of fused-ring (bicyclic) bond motifs is 1. The van der Waals surface area contributed by atoms with Crippen molar-refractivity contribution in [1.29, 1.82) is 0 Å². The maximum Gasteiger partial charge on any atom is 0.416 e. The van der Waals surface area contributed by atoms with E-state index in [2.05, 4.69) is 10.2 Å². The van der Waals surface area contributed by atoms with E-state index in [4.69, 9.17) is 0 Å². The van der Waals surface area contributed by atoms with Gasteiger partial charge in [0.2, 0.25) is 0 Å². The third-order valence-corrected chi connectivity index (χ3v) is 6.46. The number of alkyl halides is 3. The van der Waals surface area contributed by atoms with E-state index < -0.39 is 34.6 Å². The Morgan fingerprint density at radius 3 is 2.39 bits per heavy atom. The summed E-state index contributed by atoms with van der Waals surface area (Å²) in [6.45, 7) is 0.894. The molecule has 11 heteroatoms. The molecule has 0 aliphatic carbocycles. The van der Waals surface area contributed by atoms with Crippen molar-refractivity contribution < 1.29 is 22.0 Å². The summed E-state index contributed by atoms with van der Waals surface area (Å²) in [4.78, 5) is 29.3. The molecule has 0 spiro atoms. The first-order valence-electron chi connectivity index (χ1n) is 9.26. The number of rotatable bonds is 3. The summed E-state index contributed by atoms with van der Waals surface area (Å²) in [6.07, 6.45) is -3.57. The number of halogens is 5. The van der Waals surface area contributed by atoms with E-state index in [0.29, 0.717) is 43.6 Å². The summed E-state index contributed by atoms with van der Waals surface area (Å²) in [7, 11) is 0. The second-order valence-electron chi connectivity index (χ2n) is 7.20. The zero-order chi connectivity index (χ0) is 22.3. The van der Waals surface area contributed by atoms with Gasteiger partial charge in [-0.25, -0.2) is 8.78 Å². The summed E-state index contributed by atoms with van der Waals surface area (Å²) in [5.41, 5.74) is -1.80. The van der Waals surface area contributed by atoms with Crippen molar-refractivity contribution in [1.82, 2.24) is 4.98 Å². The zero-order valence-corrected chi connectivity index (χ0v) is 16.6. The Bertz CT molecular complexity index is 1220. The Morgan fingerprint density at radius 2 is 1.77 bits per heavy atom. The van der Waals surface area contributed by atoms with Gasteiger partial charge in [0, 0.05) is 13.1 Å². The highest BCUT2D eigenvalue weighted by Crippen LogP contribution is 2.39. The quantitative estimate of drug-likeness (QED) is 0.374. The van der Waals surface area contributed by atoms with Gasteiger partial charge in [0.05, 0.1) is 15.6 Å². The second-order valence-corrected chi connectivity index (χ2v) is 8.18. The van der Waals surface area contributed by atoms with Gasteiger partial charge in [0.1, 0.15) is 5.69 Å². The summed E-state index contributed by atoms with van der Waals surface area (Å²) >= 11 is 0.924. The predicted octanol–water partition coefficient (Wildman–Crippen LogP) is 5.74. The number of hydrogen-bond acceptors (Lipinski definition) is 6. The smallest absolute Gasteiger partial charge is 0.348 e. The van der Waals surface area contributed by atoms with Crippen molar-refractivity contribution in [2.45, 2.75) is 24.9 Å². The number of nitrogens with zero attached hydrogens (tertiary/aromatic N) is 3. The third kappa shape index (κ3) is 4.14. The lowest BCUT2D eigenvalue weighted by molar-refractivity contribution is -0.137. The molecule has 162 valence electrons. The monoisotopic (exact) mass is 455 g/mol. The standard InChI is InChI=1S/C20H14F5N3O2S/c21-14-2-1-11(7-15(14)22)10-3-5-28(6-4-10)19-26-18(29)13-8-12(20(23,24)25)9-16(27-30)17(13)31-19/h1-2,7-10H,3-6H2. The van der Waals surface area contributed by atoms with Crippen LogP contribution in [0.5, 0.6) is 0 Å². The van der Waals surface area contributed by atoms with Gasteiger partial charge < -0.3 is 4.90 Å². The van der Waals surface area contributed by atoms with Gasteiger partial charge in [-0.1, -0.05) is 17.4 Å². The third-order valence-electron chi connectivity index (χ3n) is 5.30. The van der Waals surface area contributed by atoms with E-state index in [1.165, 1.54) is 12.1 Å². The Labute approximate surface area is 176 Å². The Morgan fingerprint density at radius 1 is 1.06 bits per heavy atom. The lowest BCUT2D eigenvalue weighted by Gasteiger charge is -2.32. The molecule has 0 unspecified atom stereocenters. The minimum absolute atomic E-state index is 0.00919. The van der Waals surface area contributed by atoms with Crippen LogP contribution >= 0.6 is 11.3 Å². The molecule has 2 aromatic carbocycles. The predicted molar refractivity (Wildman–Crippen MR) is 107 cm³/mol. The molecule has 31 heavy (non-hydrogen) atoms. The molecule has 0 N–H and O–H groups in total. The molecule has 1 aliphatic heterocycles. The highest BCUT2D eigenvalue weighted by atomic mass is 32.1.